The van der Waals surface area contributed by atoms with Crippen LogP contribution in [0.25, 0.3) is 0 Å². The first-order valence-electron chi connectivity index (χ1n) is 10.0. The van der Waals surface area contributed by atoms with E-state index in [4.69, 9.17) is 9.47 Å². The van der Waals surface area contributed by atoms with Crippen molar-refractivity contribution in [2.45, 2.75) is 58.1 Å². The van der Waals surface area contributed by atoms with Crippen molar-refractivity contribution in [3.05, 3.63) is 28.8 Å². The Morgan fingerprint density at radius 3 is 2.13 bits per heavy atom. The predicted octanol–water partition coefficient (Wildman–Crippen LogP) is 1.89. The van der Waals surface area contributed by atoms with E-state index >= 15 is 0 Å². The Labute approximate surface area is 185 Å². The number of hydrogen-bond acceptors (Lipinski definition) is 7. The fourth-order valence-corrected chi connectivity index (χ4v) is 4.58. The third kappa shape index (κ3) is 9.24. The summed E-state index contributed by atoms with van der Waals surface area (Å²) in [6.07, 6.45) is -0.763. The molecule has 0 aliphatic rings. The second-order valence-corrected chi connectivity index (χ2v) is 10.4. The number of nitrogens with one attached hydrogen (secondary N) is 2. The SMILES string of the molecule is Cc1cc(C)c(S(=O)(=O)N[C@@H](CNC(=O)OC(C)(C)C)C(=O)OCCN(C)C)c(C)c1. The number of ether oxygens (including phenoxy) is 2. The summed E-state index contributed by atoms with van der Waals surface area (Å²) in [5, 5.41) is 2.43. The molecule has 0 spiro atoms. The van der Waals surface area contributed by atoms with Crippen LogP contribution in [0.4, 0.5) is 4.79 Å². The normalized spacial score (nSPS) is 13.1. The van der Waals surface area contributed by atoms with E-state index in [1.54, 1.807) is 46.8 Å². The number of rotatable bonds is 9. The van der Waals surface area contributed by atoms with Crippen molar-refractivity contribution in [1.82, 2.24) is 14.9 Å². The number of nitrogens with zero attached hydrogens (tertiary/aromatic N) is 1. The number of sulfonamides is 1. The molecule has 0 aliphatic heterocycles. The zero-order chi connectivity index (χ0) is 24.0. The highest BCUT2D eigenvalue weighted by Gasteiger charge is 2.30. The van der Waals surface area contributed by atoms with Crippen molar-refractivity contribution in [1.29, 1.82) is 0 Å². The lowest BCUT2D eigenvalue weighted by molar-refractivity contribution is -0.145. The molecule has 2 N–H and O–H groups in total. The molecule has 0 aliphatic carbocycles. The van der Waals surface area contributed by atoms with Crippen molar-refractivity contribution < 1.29 is 27.5 Å². The van der Waals surface area contributed by atoms with E-state index in [-0.39, 0.29) is 18.0 Å². The quantitative estimate of drug-likeness (QED) is 0.544. The minimum Gasteiger partial charge on any atom is -0.463 e. The van der Waals surface area contributed by atoms with E-state index in [2.05, 4.69) is 10.0 Å². The average Bonchev–Trinajstić information content (AvgIpc) is 2.55. The van der Waals surface area contributed by atoms with E-state index < -0.39 is 33.7 Å². The maximum atomic E-state index is 13.1. The molecule has 31 heavy (non-hydrogen) atoms. The van der Waals surface area contributed by atoms with Gasteiger partial charge in [0.1, 0.15) is 18.2 Å². The average molecular weight is 458 g/mol. The largest absolute Gasteiger partial charge is 0.463 e. The summed E-state index contributed by atoms with van der Waals surface area (Å²) < 4.78 is 38.9. The predicted molar refractivity (Wildman–Crippen MR) is 119 cm³/mol. The van der Waals surface area contributed by atoms with Gasteiger partial charge in [-0.1, -0.05) is 17.7 Å². The lowest BCUT2D eigenvalue weighted by Crippen LogP contribution is -2.50. The molecule has 1 rings (SSSR count). The van der Waals surface area contributed by atoms with Gasteiger partial charge in [0.15, 0.2) is 0 Å². The van der Waals surface area contributed by atoms with Gasteiger partial charge in [-0.2, -0.15) is 4.72 Å². The number of hydrogen-bond donors (Lipinski definition) is 2. The molecule has 0 unspecified atom stereocenters. The molecule has 1 amide bonds. The number of aryl methyl sites for hydroxylation is 3. The first-order valence-corrected chi connectivity index (χ1v) is 11.5. The highest BCUT2D eigenvalue weighted by molar-refractivity contribution is 7.89. The summed E-state index contributed by atoms with van der Waals surface area (Å²) >= 11 is 0. The van der Waals surface area contributed by atoms with Crippen molar-refractivity contribution >= 4 is 22.1 Å². The van der Waals surface area contributed by atoms with E-state index in [1.807, 2.05) is 25.9 Å². The van der Waals surface area contributed by atoms with Crippen molar-refractivity contribution in [3.8, 4) is 0 Å². The van der Waals surface area contributed by atoms with Crippen LogP contribution in [0.2, 0.25) is 0 Å². The zero-order valence-corrected chi connectivity index (χ0v) is 20.5. The van der Waals surface area contributed by atoms with Crippen LogP contribution in [-0.2, 0) is 24.3 Å². The Hall–Kier alpha value is -2.17. The zero-order valence-electron chi connectivity index (χ0n) is 19.7. The highest BCUT2D eigenvalue weighted by Crippen LogP contribution is 2.22. The smallest absolute Gasteiger partial charge is 0.407 e. The van der Waals surface area contributed by atoms with Gasteiger partial charge in [0.25, 0.3) is 0 Å². The Bertz CT molecular complexity index is 868. The number of esters is 1. The van der Waals surface area contributed by atoms with E-state index in [1.165, 1.54) is 0 Å². The second-order valence-electron chi connectivity index (χ2n) is 8.76. The van der Waals surface area contributed by atoms with E-state index in [0.29, 0.717) is 17.7 Å². The topological polar surface area (TPSA) is 114 Å². The van der Waals surface area contributed by atoms with Crippen molar-refractivity contribution in [3.63, 3.8) is 0 Å². The van der Waals surface area contributed by atoms with Gasteiger partial charge in [-0.25, -0.2) is 13.2 Å². The Balaban J connectivity index is 3.07. The molecule has 0 fully saturated rings. The molecule has 0 saturated heterocycles. The molecule has 1 atom stereocenters. The third-order valence-corrected chi connectivity index (χ3v) is 5.86. The lowest BCUT2D eigenvalue weighted by Gasteiger charge is -2.23. The molecule has 10 heteroatoms. The van der Waals surface area contributed by atoms with Crippen LogP contribution in [0.15, 0.2) is 17.0 Å². The first-order chi connectivity index (χ1) is 14.1. The molecular weight excluding hydrogens is 422 g/mol. The maximum Gasteiger partial charge on any atom is 0.407 e. The molecule has 0 bridgehead atoms. The van der Waals surface area contributed by atoms with Gasteiger partial charge in [0.2, 0.25) is 10.0 Å². The van der Waals surface area contributed by atoms with E-state index in [9.17, 15) is 18.0 Å². The van der Waals surface area contributed by atoms with Crippen LogP contribution in [0.3, 0.4) is 0 Å². The first kappa shape index (κ1) is 26.9. The minimum atomic E-state index is -4.06. The standard InChI is InChI=1S/C21H35N3O6S/c1-14-11-15(2)18(16(3)12-14)31(27,28)23-17(19(25)29-10-9-24(7)8)13-22-20(26)30-21(4,5)6/h11-12,17,23H,9-10,13H2,1-8H3,(H,22,26)/t17-/m0/s1. The second kappa shape index (κ2) is 10.9. The number of carbonyl (C=O) groups excluding carboxylic acids is 2. The highest BCUT2D eigenvalue weighted by atomic mass is 32.2. The summed E-state index contributed by atoms with van der Waals surface area (Å²) in [6, 6.07) is 2.19. The Morgan fingerprint density at radius 1 is 1.10 bits per heavy atom. The Morgan fingerprint density at radius 2 is 1.65 bits per heavy atom. The molecule has 1 aromatic carbocycles. The number of amides is 1. The number of benzene rings is 1. The van der Waals surface area contributed by atoms with Crippen LogP contribution in [0.1, 0.15) is 37.5 Å². The molecule has 176 valence electrons. The molecular formula is C21H35N3O6S. The van der Waals surface area contributed by atoms with Gasteiger partial charge in [0.05, 0.1) is 4.90 Å². The van der Waals surface area contributed by atoms with Crippen LogP contribution in [-0.4, -0.2) is 70.8 Å². The summed E-state index contributed by atoms with van der Waals surface area (Å²) in [5.41, 5.74) is 1.32. The van der Waals surface area contributed by atoms with Gasteiger partial charge in [-0.3, -0.25) is 4.79 Å². The van der Waals surface area contributed by atoms with Crippen LogP contribution in [0, 0.1) is 20.8 Å². The lowest BCUT2D eigenvalue weighted by atomic mass is 10.1. The monoisotopic (exact) mass is 457 g/mol. The van der Waals surface area contributed by atoms with Gasteiger partial charge in [0, 0.05) is 13.1 Å². The van der Waals surface area contributed by atoms with E-state index in [0.717, 1.165) is 5.56 Å². The molecule has 9 nitrogen and oxygen atoms in total. The number of likely N-dealkylation sites (N-methyl/N-ethyl adjacent to an activating group) is 1. The van der Waals surface area contributed by atoms with Gasteiger partial charge in [-0.05, 0) is 66.8 Å². The Kier molecular flexibility index (Phi) is 9.46. The fraction of sp³-hybridized carbons (Fsp3) is 0.619. The van der Waals surface area contributed by atoms with Crippen LogP contribution >= 0.6 is 0 Å². The minimum absolute atomic E-state index is 0.0824. The van der Waals surface area contributed by atoms with Gasteiger partial charge in [-0.15, -0.1) is 0 Å². The molecule has 1 aromatic rings. The van der Waals surface area contributed by atoms with Crippen molar-refractivity contribution in [2.75, 3.05) is 33.8 Å². The van der Waals surface area contributed by atoms with Crippen molar-refractivity contribution in [2.24, 2.45) is 0 Å². The summed E-state index contributed by atoms with van der Waals surface area (Å²) in [7, 11) is -0.419. The summed E-state index contributed by atoms with van der Waals surface area (Å²) in [4.78, 5) is 26.5. The third-order valence-electron chi connectivity index (χ3n) is 4.09. The van der Waals surface area contributed by atoms with Crippen LogP contribution in [0.5, 0.6) is 0 Å². The molecule has 0 aromatic heterocycles. The van der Waals surface area contributed by atoms with Gasteiger partial charge < -0.3 is 19.7 Å². The molecule has 0 saturated carbocycles. The molecule has 0 radical (unpaired) electrons. The molecule has 0 heterocycles. The fourth-order valence-electron chi connectivity index (χ4n) is 2.94. The number of alkyl carbamates (subject to hydrolysis) is 1. The summed E-state index contributed by atoms with van der Waals surface area (Å²) in [6.45, 7) is 10.6. The van der Waals surface area contributed by atoms with Gasteiger partial charge >= 0.3 is 12.1 Å². The summed E-state index contributed by atoms with van der Waals surface area (Å²) in [5.74, 6) is -0.788. The number of carbonyl (C=O) groups is 2. The van der Waals surface area contributed by atoms with Crippen LogP contribution < -0.4 is 10.0 Å². The maximum absolute atomic E-state index is 13.1.